The molecular formula is C28H33FN4O2S. The van der Waals surface area contributed by atoms with Crippen molar-refractivity contribution in [3.8, 4) is 17.1 Å². The number of piperazine rings is 1. The second-order valence-electron chi connectivity index (χ2n) is 9.42. The molecule has 1 saturated heterocycles. The van der Waals surface area contributed by atoms with E-state index in [0.717, 1.165) is 81.0 Å². The number of halogens is 1. The maximum atomic E-state index is 13.5. The molecule has 0 N–H and O–H groups in total. The van der Waals surface area contributed by atoms with Crippen LogP contribution in [0.5, 0.6) is 5.75 Å². The molecule has 0 bridgehead atoms. The van der Waals surface area contributed by atoms with Gasteiger partial charge in [-0.2, -0.15) is 9.78 Å². The van der Waals surface area contributed by atoms with E-state index in [4.69, 9.17) is 10.4 Å². The highest BCUT2D eigenvalue weighted by molar-refractivity contribution is 8.04. The third-order valence-corrected chi connectivity index (χ3v) is 8.81. The molecule has 3 aromatic rings. The fourth-order valence-corrected chi connectivity index (χ4v) is 6.38. The molecule has 1 atom stereocenters. The molecule has 36 heavy (non-hydrogen) atoms. The molecule has 190 valence electrons. The minimum Gasteiger partial charge on any atom is -0.483 e. The largest absolute Gasteiger partial charge is 0.483 e. The summed E-state index contributed by atoms with van der Waals surface area (Å²) in [5.41, 5.74) is 8.95. The maximum Gasteiger partial charge on any atom is 0.316 e. The molecule has 0 radical (unpaired) electrons. The van der Waals surface area contributed by atoms with Crippen molar-refractivity contribution >= 4 is 16.2 Å². The molecule has 1 saturated carbocycles. The van der Waals surface area contributed by atoms with Crippen LogP contribution in [0.25, 0.3) is 5.69 Å². The van der Waals surface area contributed by atoms with E-state index in [1.807, 2.05) is 42.5 Å². The van der Waals surface area contributed by atoms with Crippen LogP contribution < -0.4 is 15.2 Å². The van der Waals surface area contributed by atoms with Crippen LogP contribution in [0.15, 0.2) is 65.6 Å². The lowest BCUT2D eigenvalue weighted by Gasteiger charge is -2.37. The summed E-state index contributed by atoms with van der Waals surface area (Å²) in [4.78, 5) is 15.7. The van der Waals surface area contributed by atoms with Crippen LogP contribution in [-0.2, 0) is 6.42 Å². The molecule has 2 fully saturated rings. The first-order valence-electron chi connectivity index (χ1n) is 12.7. The zero-order chi connectivity index (χ0) is 24.9. The van der Waals surface area contributed by atoms with Crippen molar-refractivity contribution in [1.29, 1.82) is 0 Å². The molecule has 5 rings (SSSR count). The summed E-state index contributed by atoms with van der Waals surface area (Å²) in [6, 6.07) is 16.1. The smallest absolute Gasteiger partial charge is 0.316 e. The third-order valence-electron chi connectivity index (χ3n) is 7.01. The summed E-state index contributed by atoms with van der Waals surface area (Å²) >= 11 is 0. The fourth-order valence-electron chi connectivity index (χ4n) is 4.92. The Kier molecular flexibility index (Phi) is 7.75. The van der Waals surface area contributed by atoms with Gasteiger partial charge in [0.15, 0.2) is 0 Å². The van der Waals surface area contributed by atoms with Gasteiger partial charge in [0.05, 0.1) is 18.0 Å². The van der Waals surface area contributed by atoms with Crippen LogP contribution in [0, 0.1) is 11.5 Å². The Hall–Kier alpha value is -3.06. The predicted octanol–water partition coefficient (Wildman–Crippen LogP) is 4.56. The third kappa shape index (κ3) is 5.67. The molecular weight excluding hydrogens is 475 g/mol. The van der Waals surface area contributed by atoms with E-state index in [1.54, 1.807) is 6.20 Å². The standard InChI is InChI=1S/C28H33FN4O2S/c1-36(20-15-22-11-13-23(29)14-12-22)32-18-16-31(17-19-32)26-21-30-33(24-7-3-2-4-8-24)28(34)27(26)35-25-9-5-6-10-25/h1-4,7-8,11-14,21,25,36H,5-6,9-10,15-20H2. The van der Waals surface area contributed by atoms with Gasteiger partial charge >= 0.3 is 5.56 Å². The molecule has 2 aliphatic rings. The average Bonchev–Trinajstić information content (AvgIpc) is 3.43. The molecule has 1 aliphatic carbocycles. The zero-order valence-electron chi connectivity index (χ0n) is 20.4. The second kappa shape index (κ2) is 11.3. The van der Waals surface area contributed by atoms with E-state index >= 15 is 0 Å². The second-order valence-corrected chi connectivity index (χ2v) is 11.3. The average molecular weight is 509 g/mol. The number of thiol groups is 1. The molecule has 1 unspecified atom stereocenters. The number of aromatic nitrogens is 2. The minimum absolute atomic E-state index is 0.0766. The minimum atomic E-state index is -0.778. The topological polar surface area (TPSA) is 50.6 Å². The SMILES string of the molecule is C#[SH](CCc1ccc(F)cc1)N1CCN(c2cnn(-c3ccccc3)c(=O)c2OC2CCCC2)CC1. The van der Waals surface area contributed by atoms with Gasteiger partial charge in [-0.25, -0.2) is 4.39 Å². The summed E-state index contributed by atoms with van der Waals surface area (Å²) in [5, 5.41) is 4.50. The van der Waals surface area contributed by atoms with Gasteiger partial charge in [-0.3, -0.25) is 9.10 Å². The van der Waals surface area contributed by atoms with Gasteiger partial charge in [-0.1, -0.05) is 30.3 Å². The van der Waals surface area contributed by atoms with Gasteiger partial charge in [0.1, 0.15) is 11.5 Å². The summed E-state index contributed by atoms with van der Waals surface area (Å²) in [7, 11) is -0.778. The Morgan fingerprint density at radius 3 is 2.39 bits per heavy atom. The van der Waals surface area contributed by atoms with Crippen molar-refractivity contribution in [3.63, 3.8) is 0 Å². The number of aryl methyl sites for hydroxylation is 1. The van der Waals surface area contributed by atoms with Gasteiger partial charge in [0, 0.05) is 31.9 Å². The van der Waals surface area contributed by atoms with Crippen molar-refractivity contribution in [1.82, 2.24) is 14.1 Å². The summed E-state index contributed by atoms with van der Waals surface area (Å²) in [6.45, 7) is 3.14. The van der Waals surface area contributed by atoms with Gasteiger partial charge in [0.2, 0.25) is 5.75 Å². The zero-order valence-corrected chi connectivity index (χ0v) is 21.3. The molecule has 1 aliphatic heterocycles. The number of para-hydroxylation sites is 1. The number of benzene rings is 2. The van der Waals surface area contributed by atoms with E-state index in [0.29, 0.717) is 5.75 Å². The van der Waals surface area contributed by atoms with Gasteiger partial charge in [-0.05, 0) is 61.9 Å². The van der Waals surface area contributed by atoms with Crippen LogP contribution in [0.4, 0.5) is 10.1 Å². The van der Waals surface area contributed by atoms with E-state index < -0.39 is 10.5 Å². The first-order valence-corrected chi connectivity index (χ1v) is 14.2. The van der Waals surface area contributed by atoms with E-state index in [9.17, 15) is 9.18 Å². The van der Waals surface area contributed by atoms with Crippen molar-refractivity contribution < 1.29 is 9.13 Å². The Bertz CT molecular complexity index is 1290. The Morgan fingerprint density at radius 2 is 1.69 bits per heavy atom. The lowest BCUT2D eigenvalue weighted by molar-refractivity contribution is 0.205. The van der Waals surface area contributed by atoms with Crippen LogP contribution in [0.1, 0.15) is 31.2 Å². The van der Waals surface area contributed by atoms with Gasteiger partial charge < -0.3 is 9.64 Å². The summed E-state index contributed by atoms with van der Waals surface area (Å²) in [5.74, 6) is 1.05. The lowest BCUT2D eigenvalue weighted by Crippen LogP contribution is -2.45. The number of rotatable bonds is 6. The summed E-state index contributed by atoms with van der Waals surface area (Å²) < 4.78 is 23.3. The lowest BCUT2D eigenvalue weighted by atomic mass is 10.2. The van der Waals surface area contributed by atoms with Crippen LogP contribution in [0.2, 0.25) is 0 Å². The van der Waals surface area contributed by atoms with Gasteiger partial charge in [0.25, 0.3) is 0 Å². The Balaban J connectivity index is 1.29. The van der Waals surface area contributed by atoms with Crippen LogP contribution in [0.3, 0.4) is 0 Å². The Morgan fingerprint density at radius 1 is 1.00 bits per heavy atom. The first kappa shape index (κ1) is 24.6. The molecule has 2 heterocycles. The quantitative estimate of drug-likeness (QED) is 0.495. The van der Waals surface area contributed by atoms with E-state index in [-0.39, 0.29) is 17.5 Å². The molecule has 0 amide bonds. The van der Waals surface area contributed by atoms with Gasteiger partial charge in [-0.15, -0.1) is 16.2 Å². The van der Waals surface area contributed by atoms with Crippen molar-refractivity contribution in [2.24, 2.45) is 0 Å². The van der Waals surface area contributed by atoms with Crippen molar-refractivity contribution in [2.75, 3.05) is 36.8 Å². The highest BCUT2D eigenvalue weighted by Crippen LogP contribution is 2.31. The highest BCUT2D eigenvalue weighted by Gasteiger charge is 2.26. The first-order chi connectivity index (χ1) is 17.6. The van der Waals surface area contributed by atoms with Crippen LogP contribution >= 0.6 is 10.5 Å². The molecule has 0 spiro atoms. The number of hydrogen-bond donors (Lipinski definition) is 1. The highest BCUT2D eigenvalue weighted by atomic mass is 32.2. The predicted molar refractivity (Wildman–Crippen MR) is 145 cm³/mol. The normalized spacial score (nSPS) is 17.8. The number of nitrogens with zero attached hydrogens (tertiary/aromatic N) is 4. The fraction of sp³-hybridized carbons (Fsp3) is 0.393. The molecule has 8 heteroatoms. The van der Waals surface area contributed by atoms with Crippen molar-refractivity contribution in [3.05, 3.63) is 82.5 Å². The van der Waals surface area contributed by atoms with Crippen LogP contribution in [-0.4, -0.2) is 52.1 Å². The maximum absolute atomic E-state index is 13.5. The summed E-state index contributed by atoms with van der Waals surface area (Å²) in [6.07, 6.45) is 6.91. The van der Waals surface area contributed by atoms with E-state index in [1.165, 1.54) is 16.8 Å². The van der Waals surface area contributed by atoms with Crippen molar-refractivity contribution in [2.45, 2.75) is 38.2 Å². The van der Waals surface area contributed by atoms with E-state index in [2.05, 4.69) is 14.3 Å². The molecule has 6 nitrogen and oxygen atoms in total. The number of ether oxygens (including phenoxy) is 1. The number of hydrogen-bond acceptors (Lipinski definition) is 5. The monoisotopic (exact) mass is 508 g/mol. The number of anilines is 1. The molecule has 2 aromatic carbocycles. The Labute approximate surface area is 214 Å². The molecule has 1 aromatic heterocycles.